The molecule has 4 heteroatoms. The lowest BCUT2D eigenvalue weighted by molar-refractivity contribution is 0.0935. The molecule has 3 nitrogen and oxygen atoms in total. The summed E-state index contributed by atoms with van der Waals surface area (Å²) in [6.07, 6.45) is 2.34. The molecule has 0 unspecified atom stereocenters. The summed E-state index contributed by atoms with van der Waals surface area (Å²) in [6, 6.07) is 12.9. The van der Waals surface area contributed by atoms with Crippen LogP contribution >= 0.6 is 11.6 Å². The molecule has 0 aliphatic heterocycles. The van der Waals surface area contributed by atoms with Crippen molar-refractivity contribution in [1.82, 2.24) is 10.3 Å². The summed E-state index contributed by atoms with van der Waals surface area (Å²) in [5, 5.41) is 3.63. The fraction of sp³-hybridized carbons (Fsp3) is 0.200. The molecule has 0 fully saturated rings. The van der Waals surface area contributed by atoms with E-state index in [1.54, 1.807) is 24.4 Å². The van der Waals surface area contributed by atoms with E-state index in [2.05, 4.69) is 10.3 Å². The quantitative estimate of drug-likeness (QED) is 0.931. The molecular weight excluding hydrogens is 260 g/mol. The number of pyridine rings is 1. The van der Waals surface area contributed by atoms with Gasteiger partial charge in [0.15, 0.2) is 0 Å². The van der Waals surface area contributed by atoms with Crippen LogP contribution in [0.5, 0.6) is 0 Å². The first-order chi connectivity index (χ1) is 9.15. The highest BCUT2D eigenvalue weighted by molar-refractivity contribution is 6.30. The molecule has 2 rings (SSSR count). The third kappa shape index (κ3) is 4.07. The van der Waals surface area contributed by atoms with Crippen LogP contribution in [0.25, 0.3) is 0 Å². The molecule has 0 spiro atoms. The van der Waals surface area contributed by atoms with Crippen LogP contribution in [0.1, 0.15) is 23.0 Å². The summed E-state index contributed by atoms with van der Waals surface area (Å²) >= 11 is 5.93. The Kier molecular flexibility index (Phi) is 4.53. The summed E-state index contributed by atoms with van der Waals surface area (Å²) in [6.45, 7) is 1.96. The molecule has 98 valence electrons. The predicted octanol–water partition coefficient (Wildman–Crippen LogP) is 3.10. The zero-order chi connectivity index (χ0) is 13.7. The minimum atomic E-state index is -0.157. The van der Waals surface area contributed by atoms with Crippen LogP contribution in [0.2, 0.25) is 5.02 Å². The fourth-order valence-corrected chi connectivity index (χ4v) is 2.08. The van der Waals surface area contributed by atoms with Crippen molar-refractivity contribution in [3.63, 3.8) is 0 Å². The third-order valence-corrected chi connectivity index (χ3v) is 2.94. The molecule has 1 amide bonds. The fourth-order valence-electron chi connectivity index (χ4n) is 1.86. The van der Waals surface area contributed by atoms with Gasteiger partial charge in [0.05, 0.1) is 0 Å². The highest BCUT2D eigenvalue weighted by Gasteiger charge is 2.10. The van der Waals surface area contributed by atoms with Gasteiger partial charge >= 0.3 is 0 Å². The first kappa shape index (κ1) is 13.6. The molecule has 0 saturated carbocycles. The maximum atomic E-state index is 11.9. The van der Waals surface area contributed by atoms with Crippen LogP contribution < -0.4 is 5.32 Å². The zero-order valence-corrected chi connectivity index (χ0v) is 11.4. The number of nitrogens with zero attached hydrogens (tertiary/aromatic N) is 1. The minimum Gasteiger partial charge on any atom is -0.348 e. The van der Waals surface area contributed by atoms with Crippen LogP contribution in [0, 0.1) is 0 Å². The lowest BCUT2D eigenvalue weighted by Crippen LogP contribution is -2.34. The molecule has 2 aromatic rings. The normalized spacial score (nSPS) is 11.9. The van der Waals surface area contributed by atoms with E-state index in [9.17, 15) is 4.79 Å². The number of halogens is 1. The summed E-state index contributed by atoms with van der Waals surface area (Å²) in [4.78, 5) is 15.9. The van der Waals surface area contributed by atoms with Crippen LogP contribution in [0.3, 0.4) is 0 Å². The highest BCUT2D eigenvalue weighted by Crippen LogP contribution is 2.12. The van der Waals surface area contributed by atoms with Crippen molar-refractivity contribution in [1.29, 1.82) is 0 Å². The second-order valence-electron chi connectivity index (χ2n) is 4.42. The van der Waals surface area contributed by atoms with Crippen LogP contribution in [-0.2, 0) is 6.42 Å². The Morgan fingerprint density at radius 2 is 2.16 bits per heavy atom. The molecule has 1 heterocycles. The number of hydrogen-bond donors (Lipinski definition) is 1. The number of carbonyl (C=O) groups excluding carboxylic acids is 1. The van der Waals surface area contributed by atoms with Crippen molar-refractivity contribution >= 4 is 17.5 Å². The standard InChI is InChI=1S/C15H15ClN2O/c1-11(9-12-5-4-6-13(16)10-12)18-15(19)14-7-2-3-8-17-14/h2-8,10-11H,9H2,1H3,(H,18,19)/t11-/m0/s1. The number of amides is 1. The van der Waals surface area contributed by atoms with Gasteiger partial charge in [-0.05, 0) is 43.2 Å². The van der Waals surface area contributed by atoms with Gasteiger partial charge in [-0.1, -0.05) is 29.8 Å². The van der Waals surface area contributed by atoms with Crippen LogP contribution in [0.15, 0.2) is 48.7 Å². The lowest BCUT2D eigenvalue weighted by Gasteiger charge is -2.13. The number of hydrogen-bond acceptors (Lipinski definition) is 2. The van der Waals surface area contributed by atoms with Crippen molar-refractivity contribution in [3.05, 3.63) is 64.9 Å². The Labute approximate surface area is 117 Å². The second-order valence-corrected chi connectivity index (χ2v) is 4.86. The summed E-state index contributed by atoms with van der Waals surface area (Å²) in [5.41, 5.74) is 1.53. The van der Waals surface area contributed by atoms with E-state index in [1.165, 1.54) is 0 Å². The molecule has 0 radical (unpaired) electrons. The van der Waals surface area contributed by atoms with Crippen molar-refractivity contribution < 1.29 is 4.79 Å². The van der Waals surface area contributed by atoms with Crippen molar-refractivity contribution in [3.8, 4) is 0 Å². The Morgan fingerprint density at radius 3 is 2.84 bits per heavy atom. The topological polar surface area (TPSA) is 42.0 Å². The van der Waals surface area contributed by atoms with Gasteiger partial charge < -0.3 is 5.32 Å². The average molecular weight is 275 g/mol. The zero-order valence-electron chi connectivity index (χ0n) is 10.6. The Hall–Kier alpha value is -1.87. The first-order valence-corrected chi connectivity index (χ1v) is 6.49. The number of carbonyl (C=O) groups is 1. The van der Waals surface area contributed by atoms with Gasteiger partial charge in [-0.15, -0.1) is 0 Å². The van der Waals surface area contributed by atoms with Crippen LogP contribution in [-0.4, -0.2) is 16.9 Å². The van der Waals surface area contributed by atoms with E-state index in [4.69, 9.17) is 11.6 Å². The maximum Gasteiger partial charge on any atom is 0.270 e. The Balaban J connectivity index is 1.95. The predicted molar refractivity (Wildman–Crippen MR) is 76.3 cm³/mol. The molecule has 0 bridgehead atoms. The molecule has 0 aliphatic carbocycles. The molecule has 19 heavy (non-hydrogen) atoms. The van der Waals surface area contributed by atoms with Gasteiger partial charge in [-0.25, -0.2) is 0 Å². The largest absolute Gasteiger partial charge is 0.348 e. The van der Waals surface area contributed by atoms with Crippen molar-refractivity contribution in [2.45, 2.75) is 19.4 Å². The van der Waals surface area contributed by atoms with Gasteiger partial charge in [0.25, 0.3) is 5.91 Å². The average Bonchev–Trinajstić information content (AvgIpc) is 2.39. The molecule has 1 aromatic heterocycles. The molecule has 1 aromatic carbocycles. The maximum absolute atomic E-state index is 11.9. The van der Waals surface area contributed by atoms with E-state index in [0.717, 1.165) is 12.0 Å². The van der Waals surface area contributed by atoms with E-state index < -0.39 is 0 Å². The smallest absolute Gasteiger partial charge is 0.270 e. The monoisotopic (exact) mass is 274 g/mol. The molecule has 1 atom stereocenters. The summed E-state index contributed by atoms with van der Waals surface area (Å²) in [5.74, 6) is -0.157. The molecule has 0 saturated heterocycles. The summed E-state index contributed by atoms with van der Waals surface area (Å²) < 4.78 is 0. The number of aromatic nitrogens is 1. The lowest BCUT2D eigenvalue weighted by atomic mass is 10.1. The molecule has 1 N–H and O–H groups in total. The SMILES string of the molecule is C[C@@H](Cc1cccc(Cl)c1)NC(=O)c1ccccn1. The van der Waals surface area contributed by atoms with E-state index >= 15 is 0 Å². The van der Waals surface area contributed by atoms with Gasteiger partial charge in [-0.2, -0.15) is 0 Å². The molecular formula is C15H15ClN2O. The van der Waals surface area contributed by atoms with E-state index in [0.29, 0.717) is 10.7 Å². The van der Waals surface area contributed by atoms with Gasteiger partial charge in [0.2, 0.25) is 0 Å². The summed E-state index contributed by atoms with van der Waals surface area (Å²) in [7, 11) is 0. The Morgan fingerprint density at radius 1 is 1.32 bits per heavy atom. The van der Waals surface area contributed by atoms with E-state index in [1.807, 2.05) is 31.2 Å². The van der Waals surface area contributed by atoms with Gasteiger partial charge in [0, 0.05) is 17.3 Å². The van der Waals surface area contributed by atoms with E-state index in [-0.39, 0.29) is 11.9 Å². The number of rotatable bonds is 4. The third-order valence-electron chi connectivity index (χ3n) is 2.71. The van der Waals surface area contributed by atoms with Crippen molar-refractivity contribution in [2.75, 3.05) is 0 Å². The number of benzene rings is 1. The van der Waals surface area contributed by atoms with Crippen LogP contribution in [0.4, 0.5) is 0 Å². The van der Waals surface area contributed by atoms with Gasteiger partial charge in [0.1, 0.15) is 5.69 Å². The van der Waals surface area contributed by atoms with Gasteiger partial charge in [-0.3, -0.25) is 9.78 Å². The van der Waals surface area contributed by atoms with Crippen molar-refractivity contribution in [2.24, 2.45) is 0 Å². The highest BCUT2D eigenvalue weighted by atomic mass is 35.5. The second kappa shape index (κ2) is 6.34. The minimum absolute atomic E-state index is 0.0213. The number of nitrogens with one attached hydrogen (secondary N) is 1. The molecule has 0 aliphatic rings. The Bertz CT molecular complexity index is 557. The first-order valence-electron chi connectivity index (χ1n) is 6.11.